The van der Waals surface area contributed by atoms with Gasteiger partial charge in [-0.15, -0.1) is 11.8 Å². The van der Waals surface area contributed by atoms with Crippen molar-refractivity contribution < 1.29 is 5.11 Å². The predicted molar refractivity (Wildman–Crippen MR) is 68.9 cm³/mol. The lowest BCUT2D eigenvalue weighted by atomic mass is 10.0. The maximum absolute atomic E-state index is 9.38. The third kappa shape index (κ3) is 3.18. The van der Waals surface area contributed by atoms with Gasteiger partial charge in [0.2, 0.25) is 0 Å². The molecule has 1 fully saturated rings. The molecule has 1 atom stereocenters. The Bertz CT molecular complexity index is 361. The number of rotatable bonds is 4. The van der Waals surface area contributed by atoms with E-state index in [1.807, 2.05) is 6.26 Å². The molecule has 94 valence electrons. The Kier molecular flexibility index (Phi) is 4.76. The Labute approximate surface area is 106 Å². The van der Waals surface area contributed by atoms with Gasteiger partial charge in [-0.25, -0.2) is 4.98 Å². The third-order valence-corrected chi connectivity index (χ3v) is 3.97. The molecule has 0 amide bonds. The summed E-state index contributed by atoms with van der Waals surface area (Å²) in [6.45, 7) is 2.10. The van der Waals surface area contributed by atoms with E-state index in [1.165, 1.54) is 12.8 Å². The number of aliphatic hydroxyl groups is 1. The minimum Gasteiger partial charge on any atom is -0.395 e. The summed E-state index contributed by atoms with van der Waals surface area (Å²) in [6, 6.07) is 0.292. The van der Waals surface area contributed by atoms with Crippen LogP contribution in [0.3, 0.4) is 0 Å². The van der Waals surface area contributed by atoms with E-state index in [4.69, 9.17) is 0 Å². The third-order valence-electron chi connectivity index (χ3n) is 3.24. The van der Waals surface area contributed by atoms with Crippen LogP contribution in [-0.2, 0) is 6.54 Å². The summed E-state index contributed by atoms with van der Waals surface area (Å²) in [4.78, 5) is 11.1. The van der Waals surface area contributed by atoms with Crippen molar-refractivity contribution in [3.8, 4) is 0 Å². The van der Waals surface area contributed by atoms with E-state index < -0.39 is 0 Å². The first-order valence-corrected chi connectivity index (χ1v) is 7.26. The molecule has 0 radical (unpaired) electrons. The molecule has 17 heavy (non-hydrogen) atoms. The van der Waals surface area contributed by atoms with Crippen LogP contribution in [0.15, 0.2) is 17.4 Å². The molecule has 1 aliphatic heterocycles. The fourth-order valence-electron chi connectivity index (χ4n) is 2.30. The first kappa shape index (κ1) is 12.8. The maximum atomic E-state index is 9.38. The van der Waals surface area contributed by atoms with E-state index in [9.17, 15) is 5.11 Å². The minimum atomic E-state index is 0.245. The Hall–Kier alpha value is -0.650. The Balaban J connectivity index is 2.08. The number of piperidine rings is 1. The van der Waals surface area contributed by atoms with E-state index in [0.717, 1.165) is 30.2 Å². The summed E-state index contributed by atoms with van der Waals surface area (Å²) < 4.78 is 0. The highest BCUT2D eigenvalue weighted by Crippen LogP contribution is 2.22. The van der Waals surface area contributed by atoms with Gasteiger partial charge in [0, 0.05) is 25.0 Å². The zero-order valence-corrected chi connectivity index (χ0v) is 11.0. The van der Waals surface area contributed by atoms with E-state index >= 15 is 0 Å². The zero-order chi connectivity index (χ0) is 12.1. The molecule has 2 heterocycles. The molecule has 0 spiro atoms. The number of likely N-dealkylation sites (tertiary alicyclic amines) is 1. The largest absolute Gasteiger partial charge is 0.395 e. The molecule has 0 aliphatic carbocycles. The normalized spacial score (nSPS) is 21.6. The smallest absolute Gasteiger partial charge is 0.119 e. The first-order chi connectivity index (χ1) is 8.35. The van der Waals surface area contributed by atoms with Crippen LogP contribution < -0.4 is 0 Å². The van der Waals surface area contributed by atoms with Crippen molar-refractivity contribution in [1.29, 1.82) is 0 Å². The second-order valence-electron chi connectivity index (χ2n) is 4.31. The highest BCUT2D eigenvalue weighted by molar-refractivity contribution is 7.98. The fraction of sp³-hybridized carbons (Fsp3) is 0.667. The minimum absolute atomic E-state index is 0.245. The lowest BCUT2D eigenvalue weighted by Gasteiger charge is -2.34. The van der Waals surface area contributed by atoms with Gasteiger partial charge in [-0.1, -0.05) is 6.42 Å². The second-order valence-corrected chi connectivity index (χ2v) is 5.11. The molecule has 0 saturated carbocycles. The van der Waals surface area contributed by atoms with Crippen molar-refractivity contribution in [3.63, 3.8) is 0 Å². The summed E-state index contributed by atoms with van der Waals surface area (Å²) in [5, 5.41) is 10.4. The Morgan fingerprint density at radius 1 is 1.41 bits per heavy atom. The van der Waals surface area contributed by atoms with Gasteiger partial charge < -0.3 is 5.11 Å². The standard InChI is InChI=1S/C12H19N3OS/c1-17-12-11(13-5-6-14-12)8-15-7-3-2-4-10(15)9-16/h5-6,10,16H,2-4,7-9H2,1H3. The van der Waals surface area contributed by atoms with Crippen LogP contribution in [0.5, 0.6) is 0 Å². The van der Waals surface area contributed by atoms with Crippen molar-refractivity contribution in [2.75, 3.05) is 19.4 Å². The Morgan fingerprint density at radius 3 is 3.00 bits per heavy atom. The van der Waals surface area contributed by atoms with Crippen LogP contribution in [0, 0.1) is 0 Å². The van der Waals surface area contributed by atoms with Gasteiger partial charge in [0.25, 0.3) is 0 Å². The van der Waals surface area contributed by atoms with Crippen molar-refractivity contribution in [2.24, 2.45) is 0 Å². The lowest BCUT2D eigenvalue weighted by molar-refractivity contribution is 0.0822. The van der Waals surface area contributed by atoms with Gasteiger partial charge in [0.1, 0.15) is 5.03 Å². The van der Waals surface area contributed by atoms with Crippen LogP contribution in [0.2, 0.25) is 0 Å². The summed E-state index contributed by atoms with van der Waals surface area (Å²) in [5.74, 6) is 0. The van der Waals surface area contributed by atoms with Crippen LogP contribution in [0.25, 0.3) is 0 Å². The topological polar surface area (TPSA) is 49.2 Å². The highest BCUT2D eigenvalue weighted by Gasteiger charge is 2.22. The zero-order valence-electron chi connectivity index (χ0n) is 10.2. The van der Waals surface area contributed by atoms with Gasteiger partial charge in [-0.3, -0.25) is 9.88 Å². The fourth-order valence-corrected chi connectivity index (χ4v) is 2.82. The summed E-state index contributed by atoms with van der Waals surface area (Å²) in [7, 11) is 0. The Morgan fingerprint density at radius 2 is 2.24 bits per heavy atom. The molecule has 1 aromatic rings. The maximum Gasteiger partial charge on any atom is 0.119 e. The monoisotopic (exact) mass is 253 g/mol. The quantitative estimate of drug-likeness (QED) is 0.825. The van der Waals surface area contributed by atoms with E-state index in [0.29, 0.717) is 6.04 Å². The van der Waals surface area contributed by atoms with Gasteiger partial charge >= 0.3 is 0 Å². The average molecular weight is 253 g/mol. The molecular weight excluding hydrogens is 234 g/mol. The van der Waals surface area contributed by atoms with Crippen LogP contribution in [0.4, 0.5) is 0 Å². The van der Waals surface area contributed by atoms with Gasteiger partial charge in [-0.05, 0) is 25.6 Å². The molecule has 0 bridgehead atoms. The molecule has 2 rings (SSSR count). The summed E-state index contributed by atoms with van der Waals surface area (Å²) in [6.07, 6.45) is 9.02. The number of thioether (sulfide) groups is 1. The lowest BCUT2D eigenvalue weighted by Crippen LogP contribution is -2.41. The summed E-state index contributed by atoms with van der Waals surface area (Å²) in [5.41, 5.74) is 1.03. The van der Waals surface area contributed by atoms with Crippen LogP contribution >= 0.6 is 11.8 Å². The molecule has 1 saturated heterocycles. The number of nitrogens with zero attached hydrogens (tertiary/aromatic N) is 3. The number of aliphatic hydroxyl groups excluding tert-OH is 1. The molecule has 4 nitrogen and oxygen atoms in total. The average Bonchev–Trinajstić information content (AvgIpc) is 2.40. The van der Waals surface area contributed by atoms with Crippen molar-refractivity contribution in [1.82, 2.24) is 14.9 Å². The van der Waals surface area contributed by atoms with Crippen molar-refractivity contribution >= 4 is 11.8 Å². The summed E-state index contributed by atoms with van der Waals surface area (Å²) >= 11 is 1.63. The molecule has 0 aromatic carbocycles. The van der Waals surface area contributed by atoms with Crippen LogP contribution in [0.1, 0.15) is 25.0 Å². The second kappa shape index (κ2) is 6.33. The van der Waals surface area contributed by atoms with E-state index in [1.54, 1.807) is 24.2 Å². The van der Waals surface area contributed by atoms with Gasteiger partial charge in [0.15, 0.2) is 0 Å². The SMILES string of the molecule is CSc1nccnc1CN1CCCCC1CO. The van der Waals surface area contributed by atoms with E-state index in [2.05, 4.69) is 14.9 Å². The predicted octanol–water partition coefficient (Wildman–Crippen LogP) is 1.55. The first-order valence-electron chi connectivity index (χ1n) is 6.04. The molecular formula is C12H19N3OS. The number of hydrogen-bond acceptors (Lipinski definition) is 5. The van der Waals surface area contributed by atoms with Gasteiger partial charge in [-0.2, -0.15) is 0 Å². The van der Waals surface area contributed by atoms with Crippen molar-refractivity contribution in [2.45, 2.75) is 36.9 Å². The van der Waals surface area contributed by atoms with Gasteiger partial charge in [0.05, 0.1) is 12.3 Å². The molecule has 1 N–H and O–H groups in total. The molecule has 1 aliphatic rings. The highest BCUT2D eigenvalue weighted by atomic mass is 32.2. The molecule has 1 unspecified atom stereocenters. The van der Waals surface area contributed by atoms with E-state index in [-0.39, 0.29) is 6.61 Å². The molecule has 5 heteroatoms. The van der Waals surface area contributed by atoms with Crippen molar-refractivity contribution in [3.05, 3.63) is 18.1 Å². The van der Waals surface area contributed by atoms with Crippen LogP contribution in [-0.4, -0.2) is 45.4 Å². The number of aromatic nitrogens is 2. The number of hydrogen-bond donors (Lipinski definition) is 1. The molecule has 1 aromatic heterocycles.